The van der Waals surface area contributed by atoms with Crippen molar-refractivity contribution in [2.24, 2.45) is 5.11 Å². The highest BCUT2D eigenvalue weighted by Gasteiger charge is 2.32. The van der Waals surface area contributed by atoms with Crippen LogP contribution in [0.25, 0.3) is 16.5 Å². The molecule has 0 spiro atoms. The van der Waals surface area contributed by atoms with Crippen LogP contribution < -0.4 is 0 Å². The van der Waals surface area contributed by atoms with Gasteiger partial charge in [-0.05, 0) is 38.8 Å². The molecule has 0 saturated carbocycles. The first kappa shape index (κ1) is 12.0. The lowest BCUT2D eigenvalue weighted by atomic mass is 9.91. The molecular weight excluding hydrogens is 238 g/mol. The van der Waals surface area contributed by atoms with Crippen LogP contribution in [-0.2, 0) is 5.54 Å². The fraction of sp³-hybridized carbons (Fsp3) is 0.333. The normalized spacial score (nSPS) is 16.5. The van der Waals surface area contributed by atoms with Crippen molar-refractivity contribution in [1.82, 2.24) is 4.57 Å². The number of nitrogens with one attached hydrogen (secondary N) is 1. The van der Waals surface area contributed by atoms with E-state index in [1.54, 1.807) is 0 Å². The Morgan fingerprint density at radius 1 is 1.26 bits per heavy atom. The minimum absolute atomic E-state index is 0.0781. The average molecular weight is 255 g/mol. The van der Waals surface area contributed by atoms with Crippen LogP contribution in [0, 0.1) is 12.5 Å². The van der Waals surface area contributed by atoms with Gasteiger partial charge >= 0.3 is 0 Å². The molecule has 4 heteroatoms. The highest BCUT2D eigenvalue weighted by atomic mass is 16.3. The summed E-state index contributed by atoms with van der Waals surface area (Å²) in [6.45, 7) is 8.17. The van der Waals surface area contributed by atoms with Crippen molar-refractivity contribution in [3.05, 3.63) is 29.3 Å². The summed E-state index contributed by atoms with van der Waals surface area (Å²) in [6, 6.07) is 4.09. The van der Waals surface area contributed by atoms with E-state index in [0.29, 0.717) is 5.69 Å². The molecule has 0 radical (unpaired) electrons. The molecule has 0 atom stereocenters. The molecule has 98 valence electrons. The molecule has 2 aromatic rings. The molecule has 4 nitrogen and oxygen atoms in total. The SMILES string of the molecule is CC1=CC(C)(C)n2c(O)c(N=N)c3c(C)ccc1c32. The van der Waals surface area contributed by atoms with Crippen LogP contribution in [-0.4, -0.2) is 9.67 Å². The Balaban J connectivity index is 2.63. The Kier molecular flexibility index (Phi) is 2.18. The zero-order chi connectivity index (χ0) is 13.9. The first-order chi connectivity index (χ1) is 8.88. The zero-order valence-corrected chi connectivity index (χ0v) is 11.6. The van der Waals surface area contributed by atoms with E-state index in [0.717, 1.165) is 22.0 Å². The van der Waals surface area contributed by atoms with Crippen molar-refractivity contribution < 1.29 is 5.11 Å². The summed E-state index contributed by atoms with van der Waals surface area (Å²) in [5.74, 6) is 0.0781. The average Bonchev–Trinajstić information content (AvgIpc) is 2.61. The van der Waals surface area contributed by atoms with Crippen molar-refractivity contribution in [3.63, 3.8) is 0 Å². The van der Waals surface area contributed by atoms with Crippen molar-refractivity contribution >= 4 is 22.2 Å². The van der Waals surface area contributed by atoms with Crippen LogP contribution in [0.2, 0.25) is 0 Å². The lowest BCUT2D eigenvalue weighted by molar-refractivity contribution is 0.362. The highest BCUT2D eigenvalue weighted by Crippen LogP contribution is 2.48. The van der Waals surface area contributed by atoms with Crippen molar-refractivity contribution in [1.29, 1.82) is 5.53 Å². The van der Waals surface area contributed by atoms with Gasteiger partial charge in [0.25, 0.3) is 0 Å². The van der Waals surface area contributed by atoms with Gasteiger partial charge in [-0.2, -0.15) is 5.11 Å². The van der Waals surface area contributed by atoms with Crippen LogP contribution in [0.3, 0.4) is 0 Å². The van der Waals surface area contributed by atoms with Gasteiger partial charge in [0.2, 0.25) is 5.88 Å². The molecule has 19 heavy (non-hydrogen) atoms. The van der Waals surface area contributed by atoms with Gasteiger partial charge in [-0.25, -0.2) is 5.53 Å². The summed E-state index contributed by atoms with van der Waals surface area (Å²) in [6.07, 6.45) is 2.14. The molecule has 0 bridgehead atoms. The summed E-state index contributed by atoms with van der Waals surface area (Å²) < 4.78 is 1.88. The first-order valence-corrected chi connectivity index (χ1v) is 6.33. The number of aromatic hydroxyl groups is 1. The van der Waals surface area contributed by atoms with Gasteiger partial charge in [0.15, 0.2) is 5.69 Å². The molecular formula is C15H17N3O. The number of nitrogens with zero attached hydrogens (tertiary/aromatic N) is 2. The van der Waals surface area contributed by atoms with E-state index in [-0.39, 0.29) is 11.4 Å². The maximum absolute atomic E-state index is 10.4. The van der Waals surface area contributed by atoms with E-state index >= 15 is 0 Å². The Labute approximate surface area is 111 Å². The molecule has 0 unspecified atom stereocenters. The number of aromatic nitrogens is 1. The second-order valence-corrected chi connectivity index (χ2v) is 5.75. The van der Waals surface area contributed by atoms with Crippen LogP contribution in [0.1, 0.15) is 31.9 Å². The van der Waals surface area contributed by atoms with E-state index in [1.807, 2.05) is 17.6 Å². The number of hydrogen-bond donors (Lipinski definition) is 2. The predicted octanol–water partition coefficient (Wildman–Crippen LogP) is 4.47. The van der Waals surface area contributed by atoms with Gasteiger partial charge in [0.1, 0.15) is 0 Å². The molecule has 0 fully saturated rings. The van der Waals surface area contributed by atoms with Crippen molar-refractivity contribution in [2.75, 3.05) is 0 Å². The second kappa shape index (κ2) is 3.47. The minimum Gasteiger partial charge on any atom is -0.493 e. The highest BCUT2D eigenvalue weighted by molar-refractivity contribution is 6.04. The van der Waals surface area contributed by atoms with Crippen LogP contribution >= 0.6 is 0 Å². The Morgan fingerprint density at radius 3 is 2.58 bits per heavy atom. The molecule has 1 aromatic carbocycles. The molecule has 1 aliphatic heterocycles. The summed E-state index contributed by atoms with van der Waals surface area (Å²) >= 11 is 0. The van der Waals surface area contributed by atoms with Gasteiger partial charge in [0, 0.05) is 10.9 Å². The van der Waals surface area contributed by atoms with E-state index < -0.39 is 0 Å². The summed E-state index contributed by atoms with van der Waals surface area (Å²) in [4.78, 5) is 0. The monoisotopic (exact) mass is 255 g/mol. The number of rotatable bonds is 1. The minimum atomic E-state index is -0.323. The molecule has 0 amide bonds. The van der Waals surface area contributed by atoms with Gasteiger partial charge in [0.05, 0.1) is 11.1 Å². The van der Waals surface area contributed by atoms with Crippen LogP contribution in [0.5, 0.6) is 5.88 Å². The maximum Gasteiger partial charge on any atom is 0.221 e. The molecule has 1 aliphatic rings. The predicted molar refractivity (Wildman–Crippen MR) is 76.1 cm³/mol. The third kappa shape index (κ3) is 1.34. The van der Waals surface area contributed by atoms with Crippen LogP contribution in [0.4, 0.5) is 5.69 Å². The smallest absolute Gasteiger partial charge is 0.221 e. The quantitative estimate of drug-likeness (QED) is 0.725. The largest absolute Gasteiger partial charge is 0.493 e. The summed E-state index contributed by atoms with van der Waals surface area (Å²) in [5, 5.41) is 14.9. The van der Waals surface area contributed by atoms with E-state index in [9.17, 15) is 5.11 Å². The van der Waals surface area contributed by atoms with Gasteiger partial charge < -0.3 is 9.67 Å². The number of allylic oxidation sites excluding steroid dienone is 2. The third-order valence-corrected chi connectivity index (χ3v) is 3.95. The van der Waals surface area contributed by atoms with Crippen molar-refractivity contribution in [3.8, 4) is 5.88 Å². The molecule has 3 rings (SSSR count). The van der Waals surface area contributed by atoms with Crippen molar-refractivity contribution in [2.45, 2.75) is 33.2 Å². The van der Waals surface area contributed by atoms with Crippen LogP contribution in [0.15, 0.2) is 23.3 Å². The zero-order valence-electron chi connectivity index (χ0n) is 11.6. The molecule has 0 saturated heterocycles. The Hall–Kier alpha value is -2.10. The van der Waals surface area contributed by atoms with Gasteiger partial charge in [-0.3, -0.25) is 0 Å². The van der Waals surface area contributed by atoms with E-state index in [1.165, 1.54) is 5.57 Å². The number of aryl methyl sites for hydroxylation is 1. The van der Waals surface area contributed by atoms with Gasteiger partial charge in [-0.1, -0.05) is 18.2 Å². The number of hydrogen-bond acceptors (Lipinski definition) is 3. The summed E-state index contributed by atoms with van der Waals surface area (Å²) in [7, 11) is 0. The Bertz CT molecular complexity index is 751. The molecule has 0 aliphatic carbocycles. The molecule has 2 heterocycles. The number of benzene rings is 1. The molecule has 2 N–H and O–H groups in total. The third-order valence-electron chi connectivity index (χ3n) is 3.95. The van der Waals surface area contributed by atoms with E-state index in [2.05, 4.69) is 38.0 Å². The maximum atomic E-state index is 10.4. The van der Waals surface area contributed by atoms with Gasteiger partial charge in [-0.15, -0.1) is 0 Å². The fourth-order valence-electron chi connectivity index (χ4n) is 3.20. The Morgan fingerprint density at radius 2 is 1.95 bits per heavy atom. The lowest BCUT2D eigenvalue weighted by Gasteiger charge is -2.31. The lowest BCUT2D eigenvalue weighted by Crippen LogP contribution is -2.26. The van der Waals surface area contributed by atoms with E-state index in [4.69, 9.17) is 5.53 Å². The topological polar surface area (TPSA) is 61.4 Å². The second-order valence-electron chi connectivity index (χ2n) is 5.75. The standard InChI is InChI=1S/C15H17N3O/c1-8-5-6-10-9(2)7-15(3,4)18-13(10)11(8)12(17-16)14(18)19/h5-7,16,19H,1-4H3. The fourth-order valence-corrected chi connectivity index (χ4v) is 3.20. The summed E-state index contributed by atoms with van der Waals surface area (Å²) in [5.41, 5.74) is 11.7. The first-order valence-electron chi connectivity index (χ1n) is 6.33. The molecule has 1 aromatic heterocycles.